The Morgan fingerprint density at radius 1 is 1.35 bits per heavy atom. The van der Waals surface area contributed by atoms with Gasteiger partial charge in [0.05, 0.1) is 10.4 Å². The average molecular weight is 374 g/mol. The summed E-state index contributed by atoms with van der Waals surface area (Å²) in [6.07, 6.45) is 0.813. The summed E-state index contributed by atoms with van der Waals surface area (Å²) in [6.45, 7) is 2.45. The monoisotopic (exact) mass is 373 g/mol. The maximum Gasteiger partial charge on any atom is 0.263 e. The van der Waals surface area contributed by atoms with E-state index in [2.05, 4.69) is 20.7 Å². The molecule has 106 valence electrons. The molecule has 3 rings (SSSR count). The molecule has 0 saturated carbocycles. The van der Waals surface area contributed by atoms with E-state index in [-0.39, 0.29) is 0 Å². The molecule has 7 heteroatoms. The van der Waals surface area contributed by atoms with Gasteiger partial charge in [0.15, 0.2) is 0 Å². The fourth-order valence-electron chi connectivity index (χ4n) is 2.16. The second-order valence-corrected chi connectivity index (χ2v) is 8.78. The van der Waals surface area contributed by atoms with Gasteiger partial charge in [-0.25, -0.2) is 8.42 Å². The average Bonchev–Trinajstić information content (AvgIpc) is 2.94. The van der Waals surface area contributed by atoms with E-state index in [0.717, 1.165) is 26.4 Å². The first-order valence-electron chi connectivity index (χ1n) is 6.00. The minimum Gasteiger partial charge on any atom is -0.493 e. The van der Waals surface area contributed by atoms with Crippen molar-refractivity contribution in [3.05, 3.63) is 38.5 Å². The van der Waals surface area contributed by atoms with Crippen molar-refractivity contribution in [2.75, 3.05) is 11.3 Å². The van der Waals surface area contributed by atoms with Crippen LogP contribution in [0.1, 0.15) is 10.4 Å². The van der Waals surface area contributed by atoms with Gasteiger partial charge in [-0.3, -0.25) is 4.72 Å². The first kappa shape index (κ1) is 13.9. The predicted molar refractivity (Wildman–Crippen MR) is 83.2 cm³/mol. The Morgan fingerprint density at radius 3 is 2.85 bits per heavy atom. The summed E-state index contributed by atoms with van der Waals surface area (Å²) in [5, 5.41) is 0. The quantitative estimate of drug-likeness (QED) is 0.894. The number of nitrogens with one attached hydrogen (secondary N) is 1. The number of hydrogen-bond donors (Lipinski definition) is 1. The van der Waals surface area contributed by atoms with Crippen molar-refractivity contribution in [3.8, 4) is 5.75 Å². The minimum absolute atomic E-state index is 0.311. The Bertz CT molecular complexity index is 768. The van der Waals surface area contributed by atoms with Crippen molar-refractivity contribution in [1.82, 2.24) is 0 Å². The fourth-order valence-corrected chi connectivity index (χ4v) is 5.62. The van der Waals surface area contributed by atoms with E-state index in [0.29, 0.717) is 17.2 Å². The maximum absolute atomic E-state index is 12.4. The normalized spacial score (nSPS) is 13.9. The third kappa shape index (κ3) is 2.57. The SMILES string of the molecule is Cc1sc(Br)cc1S(=O)(=O)Nc1ccc2c(c1)CCO2. The van der Waals surface area contributed by atoms with Crippen LogP contribution in [-0.2, 0) is 16.4 Å². The molecule has 0 fully saturated rings. The summed E-state index contributed by atoms with van der Waals surface area (Å²) in [5.41, 5.74) is 1.60. The van der Waals surface area contributed by atoms with E-state index in [1.807, 2.05) is 6.07 Å². The number of hydrogen-bond acceptors (Lipinski definition) is 4. The van der Waals surface area contributed by atoms with Crippen LogP contribution >= 0.6 is 27.3 Å². The van der Waals surface area contributed by atoms with Crippen LogP contribution in [0.2, 0.25) is 0 Å². The lowest BCUT2D eigenvalue weighted by Gasteiger charge is -2.08. The Balaban J connectivity index is 1.92. The van der Waals surface area contributed by atoms with Crippen molar-refractivity contribution in [2.24, 2.45) is 0 Å². The van der Waals surface area contributed by atoms with Gasteiger partial charge in [0.2, 0.25) is 0 Å². The second kappa shape index (κ2) is 5.05. The smallest absolute Gasteiger partial charge is 0.263 e. The lowest BCUT2D eigenvalue weighted by Crippen LogP contribution is -2.13. The Kier molecular flexibility index (Phi) is 3.51. The number of benzene rings is 1. The highest BCUT2D eigenvalue weighted by Gasteiger charge is 2.20. The highest BCUT2D eigenvalue weighted by atomic mass is 79.9. The van der Waals surface area contributed by atoms with Gasteiger partial charge >= 0.3 is 0 Å². The zero-order valence-electron chi connectivity index (χ0n) is 10.6. The van der Waals surface area contributed by atoms with Gasteiger partial charge in [-0.1, -0.05) is 0 Å². The summed E-state index contributed by atoms with van der Waals surface area (Å²) in [7, 11) is -3.55. The van der Waals surface area contributed by atoms with Crippen molar-refractivity contribution < 1.29 is 13.2 Å². The molecule has 0 spiro atoms. The Labute approximate surface area is 130 Å². The van der Waals surface area contributed by atoms with Crippen molar-refractivity contribution in [3.63, 3.8) is 0 Å². The van der Waals surface area contributed by atoms with E-state index in [4.69, 9.17) is 4.74 Å². The molecular weight excluding hydrogens is 362 g/mol. The van der Waals surface area contributed by atoms with Crippen LogP contribution in [0.3, 0.4) is 0 Å². The van der Waals surface area contributed by atoms with E-state index >= 15 is 0 Å². The van der Waals surface area contributed by atoms with Gasteiger partial charge in [0.25, 0.3) is 10.0 Å². The Hall–Kier alpha value is -1.05. The molecule has 0 unspecified atom stereocenters. The highest BCUT2D eigenvalue weighted by Crippen LogP contribution is 2.32. The van der Waals surface area contributed by atoms with Crippen LogP contribution in [0.25, 0.3) is 0 Å². The van der Waals surface area contributed by atoms with Gasteiger partial charge < -0.3 is 4.74 Å². The number of aryl methyl sites for hydroxylation is 1. The third-order valence-corrected chi connectivity index (χ3v) is 6.26. The number of halogens is 1. The van der Waals surface area contributed by atoms with Crippen LogP contribution in [0.5, 0.6) is 5.75 Å². The predicted octanol–water partition coefficient (Wildman–Crippen LogP) is 3.55. The largest absolute Gasteiger partial charge is 0.493 e. The molecule has 1 aromatic carbocycles. The van der Waals surface area contributed by atoms with Crippen molar-refractivity contribution in [1.29, 1.82) is 0 Å². The molecule has 1 N–H and O–H groups in total. The molecule has 20 heavy (non-hydrogen) atoms. The third-order valence-electron chi connectivity index (χ3n) is 3.07. The molecule has 0 aliphatic carbocycles. The van der Waals surface area contributed by atoms with E-state index < -0.39 is 10.0 Å². The van der Waals surface area contributed by atoms with Crippen LogP contribution in [0.15, 0.2) is 32.9 Å². The summed E-state index contributed by atoms with van der Waals surface area (Å²) in [5.74, 6) is 0.836. The molecule has 2 heterocycles. The number of anilines is 1. The van der Waals surface area contributed by atoms with Crippen LogP contribution in [0.4, 0.5) is 5.69 Å². The van der Waals surface area contributed by atoms with E-state index in [1.54, 1.807) is 25.1 Å². The molecular formula is C13H12BrNO3S2. The molecule has 1 aromatic heterocycles. The molecule has 2 aromatic rings. The molecule has 0 radical (unpaired) electrons. The van der Waals surface area contributed by atoms with Crippen LogP contribution < -0.4 is 9.46 Å². The van der Waals surface area contributed by atoms with Gasteiger partial charge in [0, 0.05) is 17.0 Å². The van der Waals surface area contributed by atoms with Gasteiger partial charge in [-0.05, 0) is 52.7 Å². The van der Waals surface area contributed by atoms with Crippen LogP contribution in [-0.4, -0.2) is 15.0 Å². The molecule has 0 atom stereocenters. The standard InChI is InChI=1S/C13H12BrNO3S2/c1-8-12(7-13(14)19-8)20(16,17)15-10-2-3-11-9(6-10)4-5-18-11/h2-3,6-7,15H,4-5H2,1H3. The molecule has 0 saturated heterocycles. The maximum atomic E-state index is 12.4. The number of rotatable bonds is 3. The minimum atomic E-state index is -3.55. The summed E-state index contributed by atoms with van der Waals surface area (Å²) >= 11 is 4.72. The number of fused-ring (bicyclic) bond motifs is 1. The van der Waals surface area contributed by atoms with Crippen molar-refractivity contribution >= 4 is 43.0 Å². The summed E-state index contributed by atoms with van der Waals surface area (Å²) < 4.78 is 33.6. The number of ether oxygens (including phenoxy) is 1. The highest BCUT2D eigenvalue weighted by molar-refractivity contribution is 9.11. The fraction of sp³-hybridized carbons (Fsp3) is 0.231. The number of sulfonamides is 1. The summed E-state index contributed by atoms with van der Waals surface area (Å²) in [6, 6.07) is 6.98. The zero-order chi connectivity index (χ0) is 14.3. The number of thiophene rings is 1. The first-order chi connectivity index (χ1) is 9.45. The van der Waals surface area contributed by atoms with Gasteiger partial charge in [-0.2, -0.15) is 0 Å². The molecule has 4 nitrogen and oxygen atoms in total. The molecule has 1 aliphatic heterocycles. The lowest BCUT2D eigenvalue weighted by atomic mass is 10.1. The zero-order valence-corrected chi connectivity index (χ0v) is 13.9. The molecule has 0 bridgehead atoms. The first-order valence-corrected chi connectivity index (χ1v) is 9.09. The van der Waals surface area contributed by atoms with Crippen molar-refractivity contribution in [2.45, 2.75) is 18.2 Å². The topological polar surface area (TPSA) is 55.4 Å². The Morgan fingerprint density at radius 2 is 2.15 bits per heavy atom. The lowest BCUT2D eigenvalue weighted by molar-refractivity contribution is 0.357. The second-order valence-electron chi connectivity index (χ2n) is 4.50. The molecule has 1 aliphatic rings. The van der Waals surface area contributed by atoms with Gasteiger partial charge in [0.1, 0.15) is 10.6 Å². The molecule has 0 amide bonds. The summed E-state index contributed by atoms with van der Waals surface area (Å²) in [4.78, 5) is 1.07. The van der Waals surface area contributed by atoms with E-state index in [9.17, 15) is 8.42 Å². The van der Waals surface area contributed by atoms with Crippen LogP contribution in [0, 0.1) is 6.92 Å². The van der Waals surface area contributed by atoms with E-state index in [1.165, 1.54) is 11.3 Å². The van der Waals surface area contributed by atoms with Gasteiger partial charge in [-0.15, -0.1) is 11.3 Å².